The molecule has 0 aromatic heterocycles. The Morgan fingerprint density at radius 2 is 2.15 bits per heavy atom. The second-order valence-corrected chi connectivity index (χ2v) is 5.20. The van der Waals surface area contributed by atoms with Crippen molar-refractivity contribution in [2.75, 3.05) is 13.6 Å². The van der Waals surface area contributed by atoms with Crippen LogP contribution in [0.25, 0.3) is 0 Å². The van der Waals surface area contributed by atoms with Gasteiger partial charge in [0.15, 0.2) is 0 Å². The lowest BCUT2D eigenvalue weighted by molar-refractivity contribution is 0.768. The summed E-state index contributed by atoms with van der Waals surface area (Å²) in [6.45, 7) is 11.3. The molecule has 0 bridgehead atoms. The highest BCUT2D eigenvalue weighted by Gasteiger charge is 2.08. The van der Waals surface area contributed by atoms with Gasteiger partial charge in [-0.1, -0.05) is 38.2 Å². The van der Waals surface area contributed by atoms with Crippen LogP contribution in [0.3, 0.4) is 0 Å². The Labute approximate surface area is 122 Å². The normalized spacial score (nSPS) is 18.4. The van der Waals surface area contributed by atoms with E-state index in [-0.39, 0.29) is 0 Å². The molecule has 0 spiro atoms. The number of nitrogens with one attached hydrogen (secondary N) is 1. The standard InChI is InChI=1S/C17H25N3/c1-12(2)13(3)10-14(4)16(8-9-19-5)15-6-7-17(18)20-11-15/h6-10,12,19H,4,11H2,1-3,5H3,(H2,18,20)/b9-8-,13-10+,16-15+. The molecule has 0 aromatic carbocycles. The summed E-state index contributed by atoms with van der Waals surface area (Å²) in [7, 11) is 1.88. The summed E-state index contributed by atoms with van der Waals surface area (Å²) in [4.78, 5) is 4.27. The third-order valence-electron chi connectivity index (χ3n) is 3.31. The topological polar surface area (TPSA) is 50.4 Å². The van der Waals surface area contributed by atoms with Crippen molar-refractivity contribution in [3.8, 4) is 0 Å². The summed E-state index contributed by atoms with van der Waals surface area (Å²) in [5.74, 6) is 1.09. The minimum atomic E-state index is 0.516. The lowest BCUT2D eigenvalue weighted by atomic mass is 9.95. The number of dihydropyridines is 1. The lowest BCUT2D eigenvalue weighted by Crippen LogP contribution is -2.13. The number of nitrogens with two attached hydrogens (primary N) is 1. The van der Waals surface area contributed by atoms with Crippen LogP contribution in [0.2, 0.25) is 0 Å². The molecular weight excluding hydrogens is 246 g/mol. The first-order valence-electron chi connectivity index (χ1n) is 6.88. The first kappa shape index (κ1) is 16.0. The number of amidine groups is 1. The van der Waals surface area contributed by atoms with Crippen LogP contribution in [0, 0.1) is 5.92 Å². The van der Waals surface area contributed by atoms with E-state index in [1.165, 1.54) is 5.57 Å². The maximum atomic E-state index is 5.67. The van der Waals surface area contributed by atoms with E-state index in [1.54, 1.807) is 0 Å². The maximum Gasteiger partial charge on any atom is 0.118 e. The Balaban J connectivity index is 3.12. The quantitative estimate of drug-likeness (QED) is 0.755. The fourth-order valence-corrected chi connectivity index (χ4v) is 1.75. The van der Waals surface area contributed by atoms with Gasteiger partial charge in [0, 0.05) is 7.05 Å². The molecule has 1 heterocycles. The molecule has 0 aliphatic carbocycles. The van der Waals surface area contributed by atoms with Crippen molar-refractivity contribution in [3.63, 3.8) is 0 Å². The molecule has 20 heavy (non-hydrogen) atoms. The predicted octanol–water partition coefficient (Wildman–Crippen LogP) is 3.10. The molecule has 0 atom stereocenters. The van der Waals surface area contributed by atoms with E-state index >= 15 is 0 Å². The molecular formula is C17H25N3. The Bertz CT molecular complexity index is 514. The Hall–Kier alpha value is -2.03. The summed E-state index contributed by atoms with van der Waals surface area (Å²) < 4.78 is 0. The van der Waals surface area contributed by atoms with Crippen LogP contribution in [0.1, 0.15) is 20.8 Å². The van der Waals surface area contributed by atoms with E-state index in [2.05, 4.69) is 43.7 Å². The van der Waals surface area contributed by atoms with Gasteiger partial charge in [0.25, 0.3) is 0 Å². The number of allylic oxidation sites excluding steroid dienone is 5. The van der Waals surface area contributed by atoms with Crippen molar-refractivity contribution in [2.24, 2.45) is 16.6 Å². The van der Waals surface area contributed by atoms with Crippen LogP contribution in [0.15, 0.2) is 64.4 Å². The van der Waals surface area contributed by atoms with Crippen molar-refractivity contribution in [2.45, 2.75) is 20.8 Å². The maximum absolute atomic E-state index is 5.67. The molecule has 1 aliphatic heterocycles. The van der Waals surface area contributed by atoms with Crippen LogP contribution in [0.4, 0.5) is 0 Å². The Morgan fingerprint density at radius 3 is 2.65 bits per heavy atom. The largest absolute Gasteiger partial charge is 0.394 e. The minimum absolute atomic E-state index is 0.516. The molecule has 3 N–H and O–H groups in total. The molecule has 0 radical (unpaired) electrons. The number of nitrogens with zero attached hydrogens (tertiary/aromatic N) is 1. The van der Waals surface area contributed by atoms with E-state index in [0.29, 0.717) is 18.3 Å². The first-order valence-corrected chi connectivity index (χ1v) is 6.88. The number of rotatable bonds is 5. The molecule has 0 saturated carbocycles. The van der Waals surface area contributed by atoms with Gasteiger partial charge in [-0.25, -0.2) is 0 Å². The van der Waals surface area contributed by atoms with Gasteiger partial charge in [0.1, 0.15) is 5.84 Å². The first-order chi connectivity index (χ1) is 9.45. The molecule has 0 unspecified atom stereocenters. The summed E-state index contributed by atoms with van der Waals surface area (Å²) in [6, 6.07) is 0. The predicted molar refractivity (Wildman–Crippen MR) is 88.6 cm³/mol. The van der Waals surface area contributed by atoms with E-state index in [4.69, 9.17) is 5.73 Å². The van der Waals surface area contributed by atoms with E-state index in [1.807, 2.05) is 31.5 Å². The SMILES string of the molecule is C=C(/C=C(\C)C(C)C)C(/C=C\NC)=C1\C=CC(N)=NC1. The second-order valence-electron chi connectivity index (χ2n) is 5.20. The van der Waals surface area contributed by atoms with E-state index in [0.717, 1.165) is 16.7 Å². The van der Waals surface area contributed by atoms with Gasteiger partial charge in [-0.2, -0.15) is 0 Å². The Kier molecular flexibility index (Phi) is 6.04. The van der Waals surface area contributed by atoms with Gasteiger partial charge in [-0.15, -0.1) is 0 Å². The summed E-state index contributed by atoms with van der Waals surface area (Å²) >= 11 is 0. The highest BCUT2D eigenvalue weighted by molar-refractivity contribution is 5.93. The number of hydrogen-bond donors (Lipinski definition) is 2. The van der Waals surface area contributed by atoms with Gasteiger partial charge in [-0.3, -0.25) is 4.99 Å². The van der Waals surface area contributed by atoms with Crippen molar-refractivity contribution in [1.82, 2.24) is 5.32 Å². The molecule has 1 aliphatic rings. The molecule has 0 fully saturated rings. The van der Waals surface area contributed by atoms with Crippen LogP contribution in [-0.4, -0.2) is 19.4 Å². The number of aliphatic imine (C=N–C) groups is 1. The fourth-order valence-electron chi connectivity index (χ4n) is 1.75. The van der Waals surface area contributed by atoms with E-state index in [9.17, 15) is 0 Å². The van der Waals surface area contributed by atoms with Crippen LogP contribution < -0.4 is 11.1 Å². The van der Waals surface area contributed by atoms with Gasteiger partial charge < -0.3 is 11.1 Å². The van der Waals surface area contributed by atoms with Crippen molar-refractivity contribution < 1.29 is 0 Å². The monoisotopic (exact) mass is 271 g/mol. The highest BCUT2D eigenvalue weighted by atomic mass is 14.8. The van der Waals surface area contributed by atoms with Crippen LogP contribution >= 0.6 is 0 Å². The number of hydrogen-bond acceptors (Lipinski definition) is 3. The van der Waals surface area contributed by atoms with E-state index < -0.39 is 0 Å². The van der Waals surface area contributed by atoms with Crippen LogP contribution in [-0.2, 0) is 0 Å². The van der Waals surface area contributed by atoms with Crippen molar-refractivity contribution >= 4 is 5.84 Å². The summed E-state index contributed by atoms with van der Waals surface area (Å²) in [6.07, 6.45) is 9.92. The Morgan fingerprint density at radius 1 is 1.45 bits per heavy atom. The third kappa shape index (κ3) is 4.57. The second kappa shape index (κ2) is 7.53. The minimum Gasteiger partial charge on any atom is -0.394 e. The molecule has 3 nitrogen and oxygen atoms in total. The molecule has 0 aromatic rings. The molecule has 1 rings (SSSR count). The van der Waals surface area contributed by atoms with Crippen LogP contribution in [0.5, 0.6) is 0 Å². The summed E-state index contributed by atoms with van der Waals surface area (Å²) in [5, 5.41) is 3.02. The van der Waals surface area contributed by atoms with Gasteiger partial charge in [0.2, 0.25) is 0 Å². The van der Waals surface area contributed by atoms with Gasteiger partial charge >= 0.3 is 0 Å². The average Bonchev–Trinajstić information content (AvgIpc) is 2.41. The lowest BCUT2D eigenvalue weighted by Gasteiger charge is -2.13. The zero-order valence-electron chi connectivity index (χ0n) is 12.9. The fraction of sp³-hybridized carbons (Fsp3) is 0.353. The highest BCUT2D eigenvalue weighted by Crippen LogP contribution is 2.22. The molecule has 3 heteroatoms. The molecule has 108 valence electrons. The van der Waals surface area contributed by atoms with Crippen molar-refractivity contribution in [3.05, 3.63) is 59.4 Å². The summed E-state index contributed by atoms with van der Waals surface area (Å²) in [5.41, 5.74) is 10.2. The van der Waals surface area contributed by atoms with Gasteiger partial charge in [0.05, 0.1) is 6.54 Å². The average molecular weight is 271 g/mol. The zero-order valence-corrected chi connectivity index (χ0v) is 12.9. The smallest absolute Gasteiger partial charge is 0.118 e. The third-order valence-corrected chi connectivity index (χ3v) is 3.31. The molecule has 0 saturated heterocycles. The van der Waals surface area contributed by atoms with Gasteiger partial charge in [-0.05, 0) is 47.9 Å². The van der Waals surface area contributed by atoms with Crippen molar-refractivity contribution in [1.29, 1.82) is 0 Å². The molecule has 0 amide bonds. The zero-order chi connectivity index (χ0) is 15.1.